The Morgan fingerprint density at radius 2 is 1.83 bits per heavy atom. The van der Waals surface area contributed by atoms with Gasteiger partial charge in [-0.1, -0.05) is 24.3 Å². The zero-order valence-corrected chi connectivity index (χ0v) is 19.5. The van der Waals surface area contributed by atoms with Crippen LogP contribution in [0.4, 0.5) is 10.1 Å². The number of allylic oxidation sites excluding steroid dienone is 1. The summed E-state index contributed by atoms with van der Waals surface area (Å²) in [5.74, 6) is 0.562. The average molecular weight is 473 g/mol. The molecule has 1 amide bonds. The summed E-state index contributed by atoms with van der Waals surface area (Å²) in [5.41, 5.74) is 2.13. The molecule has 7 heteroatoms. The predicted octanol–water partition coefficient (Wildman–Crippen LogP) is 5.70. The van der Waals surface area contributed by atoms with Crippen LogP contribution in [0.2, 0.25) is 0 Å². The van der Waals surface area contributed by atoms with Crippen molar-refractivity contribution in [2.75, 3.05) is 19.5 Å². The third kappa shape index (κ3) is 6.49. The van der Waals surface area contributed by atoms with Gasteiger partial charge in [-0.3, -0.25) is 4.79 Å². The smallest absolute Gasteiger partial charge is 0.266 e. The largest absolute Gasteiger partial charge is 0.497 e. The van der Waals surface area contributed by atoms with Crippen LogP contribution < -0.4 is 19.5 Å². The lowest BCUT2D eigenvalue weighted by atomic mass is 10.0. The normalized spacial score (nSPS) is 10.7. The number of amides is 1. The molecule has 178 valence electrons. The monoisotopic (exact) mass is 472 g/mol. The van der Waals surface area contributed by atoms with Gasteiger partial charge in [0.25, 0.3) is 5.91 Å². The van der Waals surface area contributed by atoms with Crippen molar-refractivity contribution in [2.45, 2.75) is 13.0 Å². The topological polar surface area (TPSA) is 80.6 Å². The van der Waals surface area contributed by atoms with Crippen LogP contribution in [0, 0.1) is 17.1 Å². The van der Waals surface area contributed by atoms with E-state index in [-0.39, 0.29) is 18.0 Å². The summed E-state index contributed by atoms with van der Waals surface area (Å²) in [4.78, 5) is 12.7. The van der Waals surface area contributed by atoms with E-state index in [4.69, 9.17) is 14.2 Å². The van der Waals surface area contributed by atoms with Crippen molar-refractivity contribution in [3.05, 3.63) is 101 Å². The van der Waals surface area contributed by atoms with Crippen molar-refractivity contribution in [1.29, 1.82) is 5.26 Å². The second-order valence-electron chi connectivity index (χ2n) is 7.44. The zero-order chi connectivity index (χ0) is 25.2. The van der Waals surface area contributed by atoms with Crippen molar-refractivity contribution in [3.63, 3.8) is 0 Å². The van der Waals surface area contributed by atoms with E-state index in [2.05, 4.69) is 11.9 Å². The number of benzene rings is 3. The number of nitriles is 1. The number of carbonyl (C=O) groups excluding carboxylic acids is 1. The molecule has 0 aliphatic rings. The first-order valence-electron chi connectivity index (χ1n) is 10.7. The molecule has 3 aromatic carbocycles. The van der Waals surface area contributed by atoms with Gasteiger partial charge in [0.2, 0.25) is 0 Å². The van der Waals surface area contributed by atoms with Crippen molar-refractivity contribution in [2.24, 2.45) is 0 Å². The SMILES string of the molecule is C=CCc1cc(/C=C(\C#N)C(=O)Nc2ccc(OC)cc2)cc(OC)c1OCc1ccccc1F. The molecule has 0 aromatic heterocycles. The van der Waals surface area contributed by atoms with Crippen molar-refractivity contribution >= 4 is 17.7 Å². The summed E-state index contributed by atoms with van der Waals surface area (Å²) in [6.45, 7) is 3.79. The molecule has 0 aliphatic carbocycles. The third-order valence-electron chi connectivity index (χ3n) is 5.09. The van der Waals surface area contributed by atoms with Gasteiger partial charge in [0.05, 0.1) is 14.2 Å². The van der Waals surface area contributed by atoms with E-state index in [1.807, 2.05) is 6.07 Å². The van der Waals surface area contributed by atoms with E-state index < -0.39 is 5.91 Å². The predicted molar refractivity (Wildman–Crippen MR) is 133 cm³/mol. The maximum absolute atomic E-state index is 14.0. The number of hydrogen-bond acceptors (Lipinski definition) is 5. The van der Waals surface area contributed by atoms with Gasteiger partial charge >= 0.3 is 0 Å². The van der Waals surface area contributed by atoms with Crippen LogP contribution in [0.1, 0.15) is 16.7 Å². The fourth-order valence-corrected chi connectivity index (χ4v) is 3.34. The third-order valence-corrected chi connectivity index (χ3v) is 5.09. The maximum Gasteiger partial charge on any atom is 0.266 e. The number of ether oxygens (including phenoxy) is 3. The van der Waals surface area contributed by atoms with E-state index in [9.17, 15) is 14.4 Å². The Balaban J connectivity index is 1.88. The lowest BCUT2D eigenvalue weighted by Crippen LogP contribution is -2.13. The number of halogens is 1. The molecule has 0 bridgehead atoms. The lowest BCUT2D eigenvalue weighted by molar-refractivity contribution is -0.112. The molecule has 0 heterocycles. The van der Waals surface area contributed by atoms with E-state index >= 15 is 0 Å². The molecule has 0 unspecified atom stereocenters. The summed E-state index contributed by atoms with van der Waals surface area (Å²) in [5, 5.41) is 12.3. The Bertz CT molecular complexity index is 1280. The fourth-order valence-electron chi connectivity index (χ4n) is 3.34. The van der Waals surface area contributed by atoms with Gasteiger partial charge in [-0.05, 0) is 60.5 Å². The van der Waals surface area contributed by atoms with Gasteiger partial charge in [-0.15, -0.1) is 6.58 Å². The van der Waals surface area contributed by atoms with Crippen LogP contribution in [0.15, 0.2) is 78.9 Å². The minimum atomic E-state index is -0.554. The van der Waals surface area contributed by atoms with Gasteiger partial charge in [-0.25, -0.2) is 4.39 Å². The molecule has 35 heavy (non-hydrogen) atoms. The molecular weight excluding hydrogens is 447 g/mol. The van der Waals surface area contributed by atoms with Gasteiger partial charge < -0.3 is 19.5 Å². The number of nitrogens with one attached hydrogen (secondary N) is 1. The second kappa shape index (κ2) is 12.1. The Kier molecular flexibility index (Phi) is 8.63. The van der Waals surface area contributed by atoms with Gasteiger partial charge in [0.15, 0.2) is 11.5 Å². The number of anilines is 1. The quantitative estimate of drug-likeness (QED) is 0.233. The Hall–Kier alpha value is -4.57. The van der Waals surface area contributed by atoms with Gasteiger partial charge in [0.1, 0.15) is 29.8 Å². The first-order valence-corrected chi connectivity index (χ1v) is 10.7. The number of methoxy groups -OCH3 is 2. The highest BCUT2D eigenvalue weighted by Crippen LogP contribution is 2.35. The first-order chi connectivity index (χ1) is 17.0. The number of nitrogens with zero attached hydrogens (tertiary/aromatic N) is 1. The van der Waals surface area contributed by atoms with E-state index in [1.165, 1.54) is 19.3 Å². The van der Waals surface area contributed by atoms with Crippen LogP contribution in [-0.2, 0) is 17.8 Å². The Morgan fingerprint density at radius 1 is 1.09 bits per heavy atom. The minimum absolute atomic E-state index is 0.00999. The fraction of sp³-hybridized carbons (Fsp3) is 0.143. The molecule has 0 spiro atoms. The molecule has 3 aromatic rings. The summed E-state index contributed by atoms with van der Waals surface area (Å²) >= 11 is 0. The molecule has 1 N–H and O–H groups in total. The standard InChI is InChI=1S/C28H25FN2O4/c1-4-7-20-14-19(15-22(17-30)28(32)31-23-10-12-24(33-2)13-11-23)16-26(34-3)27(20)35-18-21-8-5-6-9-25(21)29/h4-6,8-16H,1,7,18H2,2-3H3,(H,31,32)/b22-15+. The van der Waals surface area contributed by atoms with Crippen LogP contribution >= 0.6 is 0 Å². The van der Waals surface area contributed by atoms with Gasteiger partial charge in [-0.2, -0.15) is 5.26 Å². The van der Waals surface area contributed by atoms with Crippen molar-refractivity contribution in [3.8, 4) is 23.3 Å². The average Bonchev–Trinajstić information content (AvgIpc) is 2.87. The maximum atomic E-state index is 14.0. The minimum Gasteiger partial charge on any atom is -0.497 e. The van der Waals surface area contributed by atoms with Crippen molar-refractivity contribution in [1.82, 2.24) is 0 Å². The van der Waals surface area contributed by atoms with Crippen molar-refractivity contribution < 1.29 is 23.4 Å². The van der Waals surface area contributed by atoms with Crippen LogP contribution in [0.3, 0.4) is 0 Å². The summed E-state index contributed by atoms with van der Waals surface area (Å²) < 4.78 is 30.6. The van der Waals surface area contributed by atoms with E-state index in [0.29, 0.717) is 40.5 Å². The molecular formula is C28H25FN2O4. The molecule has 0 radical (unpaired) electrons. The summed E-state index contributed by atoms with van der Waals surface area (Å²) in [6.07, 6.45) is 3.60. The van der Waals surface area contributed by atoms with Crippen LogP contribution in [0.5, 0.6) is 17.2 Å². The second-order valence-corrected chi connectivity index (χ2v) is 7.44. The van der Waals surface area contributed by atoms with Crippen LogP contribution in [-0.4, -0.2) is 20.1 Å². The Morgan fingerprint density at radius 3 is 2.46 bits per heavy atom. The molecule has 3 rings (SSSR count). The molecule has 6 nitrogen and oxygen atoms in total. The molecule has 0 saturated heterocycles. The highest BCUT2D eigenvalue weighted by Gasteiger charge is 2.16. The van der Waals surface area contributed by atoms with Gasteiger partial charge in [0, 0.05) is 16.8 Å². The van der Waals surface area contributed by atoms with Crippen LogP contribution in [0.25, 0.3) is 6.08 Å². The first kappa shape index (κ1) is 25.1. The molecule has 0 aliphatic heterocycles. The van der Waals surface area contributed by atoms with E-state index in [0.717, 1.165) is 5.56 Å². The Labute approximate surface area is 203 Å². The summed E-state index contributed by atoms with van der Waals surface area (Å²) in [6, 6.07) is 18.5. The number of hydrogen-bond donors (Lipinski definition) is 1. The summed E-state index contributed by atoms with van der Waals surface area (Å²) in [7, 11) is 3.04. The highest BCUT2D eigenvalue weighted by atomic mass is 19.1. The lowest BCUT2D eigenvalue weighted by Gasteiger charge is -2.16. The zero-order valence-electron chi connectivity index (χ0n) is 19.5. The molecule has 0 atom stereocenters. The molecule has 0 saturated carbocycles. The van der Waals surface area contributed by atoms with E-state index in [1.54, 1.807) is 67.8 Å². The number of rotatable bonds is 10. The number of carbonyl (C=O) groups is 1. The molecule has 0 fully saturated rings. The highest BCUT2D eigenvalue weighted by molar-refractivity contribution is 6.09.